The number of halogens is 1. The van der Waals surface area contributed by atoms with Crippen molar-refractivity contribution in [2.75, 3.05) is 33.2 Å². The summed E-state index contributed by atoms with van der Waals surface area (Å²) in [6.07, 6.45) is 3.08. The third kappa shape index (κ3) is 5.57. The molecule has 1 aliphatic heterocycles. The number of likely N-dealkylation sites (tertiary alicyclic amines) is 1. The van der Waals surface area contributed by atoms with Crippen LogP contribution < -0.4 is 0 Å². The van der Waals surface area contributed by atoms with Gasteiger partial charge in [-0.3, -0.25) is 9.69 Å². The summed E-state index contributed by atoms with van der Waals surface area (Å²) in [6.45, 7) is 5.66. The summed E-state index contributed by atoms with van der Waals surface area (Å²) in [5.74, 6) is 7.16. The Morgan fingerprint density at radius 3 is 2.57 bits per heavy atom. The molecule has 23 heavy (non-hydrogen) atoms. The molecule has 0 N–H and O–H groups in total. The molecule has 124 valence electrons. The molecule has 1 saturated heterocycles. The maximum absolute atomic E-state index is 12.4. The van der Waals surface area contributed by atoms with Crippen LogP contribution in [0.3, 0.4) is 0 Å². The molecule has 1 aromatic rings. The van der Waals surface area contributed by atoms with E-state index in [1.807, 2.05) is 4.90 Å². The van der Waals surface area contributed by atoms with Crippen LogP contribution in [-0.4, -0.2) is 48.9 Å². The lowest BCUT2D eigenvalue weighted by atomic mass is 9.97. The standard InChI is InChI=1S/C19H25ClN2O/c1-3-12-21(2)13-4-5-16-10-14-22(15-11-16)19(23)17-6-8-18(20)9-7-17/h6-9,16H,3,10-15H2,1-2H3. The van der Waals surface area contributed by atoms with Crippen LogP contribution in [0.25, 0.3) is 0 Å². The average Bonchev–Trinajstić information content (AvgIpc) is 2.56. The summed E-state index contributed by atoms with van der Waals surface area (Å²) in [6, 6.07) is 7.11. The van der Waals surface area contributed by atoms with Crippen LogP contribution in [0.15, 0.2) is 24.3 Å². The number of nitrogens with zero attached hydrogens (tertiary/aromatic N) is 2. The average molecular weight is 333 g/mol. The first-order valence-corrected chi connectivity index (χ1v) is 8.69. The maximum atomic E-state index is 12.4. The molecule has 0 bridgehead atoms. The lowest BCUT2D eigenvalue weighted by molar-refractivity contribution is 0.0708. The first-order valence-electron chi connectivity index (χ1n) is 8.32. The molecule has 0 radical (unpaired) electrons. The smallest absolute Gasteiger partial charge is 0.253 e. The molecule has 1 heterocycles. The van der Waals surface area contributed by atoms with Crippen molar-refractivity contribution in [2.24, 2.45) is 5.92 Å². The number of rotatable bonds is 4. The third-order valence-electron chi connectivity index (χ3n) is 4.13. The highest BCUT2D eigenvalue weighted by molar-refractivity contribution is 6.30. The lowest BCUT2D eigenvalue weighted by Gasteiger charge is -2.30. The molecule has 3 nitrogen and oxygen atoms in total. The Bertz CT molecular complexity index is 565. The fraction of sp³-hybridized carbons (Fsp3) is 0.526. The minimum Gasteiger partial charge on any atom is -0.339 e. The topological polar surface area (TPSA) is 23.6 Å². The van der Waals surface area contributed by atoms with E-state index in [-0.39, 0.29) is 5.91 Å². The molecular formula is C19H25ClN2O. The third-order valence-corrected chi connectivity index (χ3v) is 4.39. The minimum absolute atomic E-state index is 0.0933. The van der Waals surface area contributed by atoms with Gasteiger partial charge in [-0.2, -0.15) is 0 Å². The summed E-state index contributed by atoms with van der Waals surface area (Å²) >= 11 is 5.87. The zero-order valence-corrected chi connectivity index (χ0v) is 14.8. The Morgan fingerprint density at radius 1 is 1.30 bits per heavy atom. The van der Waals surface area contributed by atoms with Crippen molar-refractivity contribution in [3.05, 3.63) is 34.9 Å². The second-order valence-electron chi connectivity index (χ2n) is 6.13. The molecule has 0 aromatic heterocycles. The molecular weight excluding hydrogens is 308 g/mol. The second-order valence-corrected chi connectivity index (χ2v) is 6.57. The van der Waals surface area contributed by atoms with Crippen LogP contribution in [0.2, 0.25) is 5.02 Å². The zero-order chi connectivity index (χ0) is 16.7. The first kappa shape index (κ1) is 17.8. The van der Waals surface area contributed by atoms with E-state index in [1.165, 1.54) is 0 Å². The molecule has 0 saturated carbocycles. The van der Waals surface area contributed by atoms with Gasteiger partial charge in [-0.15, -0.1) is 0 Å². The predicted molar refractivity (Wildman–Crippen MR) is 95.6 cm³/mol. The summed E-state index contributed by atoms with van der Waals surface area (Å²) in [5.41, 5.74) is 0.708. The summed E-state index contributed by atoms with van der Waals surface area (Å²) in [5, 5.41) is 0.656. The fourth-order valence-corrected chi connectivity index (χ4v) is 2.91. The van der Waals surface area contributed by atoms with Gasteiger partial charge in [-0.05, 0) is 57.1 Å². The van der Waals surface area contributed by atoms with Crippen LogP contribution >= 0.6 is 11.6 Å². The minimum atomic E-state index is 0.0933. The number of carbonyl (C=O) groups is 1. The molecule has 1 fully saturated rings. The van der Waals surface area contributed by atoms with Crippen LogP contribution in [0.1, 0.15) is 36.5 Å². The van der Waals surface area contributed by atoms with E-state index in [1.54, 1.807) is 24.3 Å². The summed E-state index contributed by atoms with van der Waals surface area (Å²) in [7, 11) is 2.10. The lowest BCUT2D eigenvalue weighted by Crippen LogP contribution is -2.38. The van der Waals surface area contributed by atoms with Crippen LogP contribution in [0, 0.1) is 17.8 Å². The van der Waals surface area contributed by atoms with Gasteiger partial charge in [0, 0.05) is 29.6 Å². The van der Waals surface area contributed by atoms with Gasteiger partial charge in [0.25, 0.3) is 5.91 Å². The second kappa shape index (κ2) is 8.96. The van der Waals surface area contributed by atoms with Crippen LogP contribution in [0.5, 0.6) is 0 Å². The Labute approximate surface area is 144 Å². The Morgan fingerprint density at radius 2 is 1.96 bits per heavy atom. The van der Waals surface area contributed by atoms with E-state index in [0.29, 0.717) is 16.5 Å². The number of carbonyl (C=O) groups excluding carboxylic acids is 1. The number of piperidine rings is 1. The van der Waals surface area contributed by atoms with E-state index in [9.17, 15) is 4.79 Å². The highest BCUT2D eigenvalue weighted by Crippen LogP contribution is 2.19. The number of hydrogen-bond donors (Lipinski definition) is 0. The van der Waals surface area contributed by atoms with Gasteiger partial charge in [0.05, 0.1) is 6.54 Å². The normalized spacial score (nSPS) is 15.4. The molecule has 4 heteroatoms. The van der Waals surface area contributed by atoms with E-state index in [4.69, 9.17) is 11.6 Å². The first-order chi connectivity index (χ1) is 11.1. The van der Waals surface area contributed by atoms with E-state index in [0.717, 1.165) is 45.4 Å². The Kier molecular flexibility index (Phi) is 6.95. The molecule has 0 atom stereocenters. The van der Waals surface area contributed by atoms with Gasteiger partial charge in [0.15, 0.2) is 0 Å². The van der Waals surface area contributed by atoms with E-state index < -0.39 is 0 Å². The van der Waals surface area contributed by atoms with Gasteiger partial charge in [0.1, 0.15) is 0 Å². The highest BCUT2D eigenvalue weighted by atomic mass is 35.5. The van der Waals surface area contributed by atoms with E-state index in [2.05, 4.69) is 30.7 Å². The Balaban J connectivity index is 1.80. The SMILES string of the molecule is CCCN(C)CC#CC1CCN(C(=O)c2ccc(Cl)cc2)CC1. The van der Waals surface area contributed by atoms with Crippen LogP contribution in [0.4, 0.5) is 0 Å². The molecule has 1 aliphatic rings. The van der Waals surface area contributed by atoms with Crippen molar-refractivity contribution >= 4 is 17.5 Å². The number of benzene rings is 1. The quantitative estimate of drug-likeness (QED) is 0.787. The van der Waals surface area contributed by atoms with Gasteiger partial charge >= 0.3 is 0 Å². The highest BCUT2D eigenvalue weighted by Gasteiger charge is 2.22. The zero-order valence-electron chi connectivity index (χ0n) is 14.0. The van der Waals surface area contributed by atoms with E-state index >= 15 is 0 Å². The van der Waals surface area contributed by atoms with Crippen molar-refractivity contribution in [1.82, 2.24) is 9.80 Å². The molecule has 2 rings (SSSR count). The van der Waals surface area contributed by atoms with Crippen molar-refractivity contribution in [1.29, 1.82) is 0 Å². The fourth-order valence-electron chi connectivity index (χ4n) is 2.79. The summed E-state index contributed by atoms with van der Waals surface area (Å²) in [4.78, 5) is 16.6. The van der Waals surface area contributed by atoms with Gasteiger partial charge in [-0.1, -0.05) is 30.4 Å². The Hall–Kier alpha value is -1.50. The molecule has 0 spiro atoms. The number of amides is 1. The van der Waals surface area contributed by atoms with Gasteiger partial charge in [-0.25, -0.2) is 0 Å². The molecule has 0 aliphatic carbocycles. The van der Waals surface area contributed by atoms with Gasteiger partial charge < -0.3 is 4.90 Å². The largest absolute Gasteiger partial charge is 0.339 e. The van der Waals surface area contributed by atoms with Crippen molar-refractivity contribution in [3.63, 3.8) is 0 Å². The molecule has 0 unspecified atom stereocenters. The maximum Gasteiger partial charge on any atom is 0.253 e. The van der Waals surface area contributed by atoms with Crippen molar-refractivity contribution in [3.8, 4) is 11.8 Å². The predicted octanol–water partition coefficient (Wildman–Crippen LogP) is 3.54. The van der Waals surface area contributed by atoms with Crippen molar-refractivity contribution in [2.45, 2.75) is 26.2 Å². The van der Waals surface area contributed by atoms with Crippen molar-refractivity contribution < 1.29 is 4.79 Å². The monoisotopic (exact) mass is 332 g/mol. The summed E-state index contributed by atoms with van der Waals surface area (Å²) < 4.78 is 0. The van der Waals surface area contributed by atoms with Gasteiger partial charge in [0.2, 0.25) is 0 Å². The van der Waals surface area contributed by atoms with Crippen LogP contribution in [-0.2, 0) is 0 Å². The number of hydrogen-bond acceptors (Lipinski definition) is 2. The molecule has 1 amide bonds. The molecule has 1 aromatic carbocycles.